The SMILES string of the molecule is Cc1ccccc1CN(C)S(=O)(=O)c1ccc2c(c1)NC(=O)CO2. The number of carbonyl (C=O) groups excluding carboxylic acids is 1. The van der Waals surface area contributed by atoms with E-state index < -0.39 is 10.0 Å². The molecule has 1 amide bonds. The first-order chi connectivity index (χ1) is 11.4. The molecule has 0 fully saturated rings. The van der Waals surface area contributed by atoms with Crippen LogP contribution in [0.1, 0.15) is 11.1 Å². The van der Waals surface area contributed by atoms with Crippen LogP contribution >= 0.6 is 0 Å². The Morgan fingerprint density at radius 2 is 1.96 bits per heavy atom. The number of amides is 1. The van der Waals surface area contributed by atoms with E-state index in [-0.39, 0.29) is 24.0 Å². The third-order valence-corrected chi connectivity index (χ3v) is 5.75. The van der Waals surface area contributed by atoms with Gasteiger partial charge in [-0.3, -0.25) is 4.79 Å². The number of aryl methyl sites for hydroxylation is 1. The molecule has 1 aliphatic heterocycles. The maximum absolute atomic E-state index is 12.8. The molecule has 126 valence electrons. The Bertz CT molecular complexity index is 893. The van der Waals surface area contributed by atoms with Gasteiger partial charge in [0.15, 0.2) is 6.61 Å². The molecule has 1 N–H and O–H groups in total. The quantitative estimate of drug-likeness (QED) is 0.920. The van der Waals surface area contributed by atoms with E-state index in [9.17, 15) is 13.2 Å². The summed E-state index contributed by atoms with van der Waals surface area (Å²) in [6, 6.07) is 12.1. The zero-order chi connectivity index (χ0) is 17.3. The van der Waals surface area contributed by atoms with E-state index in [2.05, 4.69) is 5.32 Å². The summed E-state index contributed by atoms with van der Waals surface area (Å²) in [6.07, 6.45) is 0. The fourth-order valence-corrected chi connectivity index (χ4v) is 3.69. The molecule has 0 atom stereocenters. The number of nitrogens with one attached hydrogen (secondary N) is 1. The molecule has 0 spiro atoms. The number of fused-ring (bicyclic) bond motifs is 1. The molecule has 3 rings (SSSR count). The number of anilines is 1. The standard InChI is InChI=1S/C17H18N2O4S/c1-12-5-3-4-6-13(12)10-19(2)24(21,22)14-7-8-16-15(9-14)18-17(20)11-23-16/h3-9H,10-11H2,1-2H3,(H,18,20). The number of nitrogens with zero attached hydrogens (tertiary/aromatic N) is 1. The highest BCUT2D eigenvalue weighted by molar-refractivity contribution is 7.89. The molecule has 1 heterocycles. The molecule has 2 aromatic rings. The molecule has 0 aliphatic carbocycles. The van der Waals surface area contributed by atoms with Crippen LogP contribution in [0.15, 0.2) is 47.4 Å². The maximum atomic E-state index is 12.8. The van der Waals surface area contributed by atoms with E-state index in [1.165, 1.54) is 23.5 Å². The average molecular weight is 346 g/mol. The lowest BCUT2D eigenvalue weighted by atomic mass is 10.1. The first-order valence-electron chi connectivity index (χ1n) is 7.45. The van der Waals surface area contributed by atoms with E-state index in [1.807, 2.05) is 31.2 Å². The van der Waals surface area contributed by atoms with Crippen molar-refractivity contribution in [1.82, 2.24) is 4.31 Å². The van der Waals surface area contributed by atoms with Gasteiger partial charge in [-0.15, -0.1) is 0 Å². The molecular formula is C17H18N2O4S. The van der Waals surface area contributed by atoms with Crippen molar-refractivity contribution in [2.75, 3.05) is 19.0 Å². The van der Waals surface area contributed by atoms with Crippen molar-refractivity contribution >= 4 is 21.6 Å². The predicted octanol–water partition coefficient (Wildman–Crippen LogP) is 2.15. The van der Waals surface area contributed by atoms with E-state index in [0.29, 0.717) is 11.4 Å². The molecular weight excluding hydrogens is 328 g/mol. The van der Waals surface area contributed by atoms with Gasteiger partial charge in [-0.25, -0.2) is 8.42 Å². The lowest BCUT2D eigenvalue weighted by Crippen LogP contribution is -2.28. The molecule has 1 aliphatic rings. The van der Waals surface area contributed by atoms with Crippen molar-refractivity contribution in [3.8, 4) is 5.75 Å². The average Bonchev–Trinajstić information content (AvgIpc) is 2.56. The summed E-state index contributed by atoms with van der Waals surface area (Å²) in [6.45, 7) is 2.16. The summed E-state index contributed by atoms with van der Waals surface area (Å²) in [4.78, 5) is 11.5. The zero-order valence-electron chi connectivity index (χ0n) is 13.4. The van der Waals surface area contributed by atoms with Gasteiger partial charge in [0.05, 0.1) is 10.6 Å². The Morgan fingerprint density at radius 1 is 1.21 bits per heavy atom. The van der Waals surface area contributed by atoms with Gasteiger partial charge in [-0.1, -0.05) is 24.3 Å². The highest BCUT2D eigenvalue weighted by Crippen LogP contribution is 2.31. The van der Waals surface area contributed by atoms with Crippen LogP contribution in [-0.2, 0) is 21.4 Å². The molecule has 0 bridgehead atoms. The molecule has 2 aromatic carbocycles. The number of carbonyl (C=O) groups is 1. The third kappa shape index (κ3) is 3.13. The van der Waals surface area contributed by atoms with Crippen molar-refractivity contribution in [2.24, 2.45) is 0 Å². The van der Waals surface area contributed by atoms with E-state index in [4.69, 9.17) is 4.74 Å². The minimum atomic E-state index is -3.68. The van der Waals surface area contributed by atoms with Crippen LogP contribution in [0, 0.1) is 6.92 Å². The summed E-state index contributed by atoms with van der Waals surface area (Å²) >= 11 is 0. The van der Waals surface area contributed by atoms with Gasteiger partial charge >= 0.3 is 0 Å². The molecule has 0 aromatic heterocycles. The van der Waals surface area contributed by atoms with Gasteiger partial charge in [0, 0.05) is 13.6 Å². The topological polar surface area (TPSA) is 75.7 Å². The lowest BCUT2D eigenvalue weighted by molar-refractivity contribution is -0.118. The number of benzene rings is 2. The predicted molar refractivity (Wildman–Crippen MR) is 90.4 cm³/mol. The fraction of sp³-hybridized carbons (Fsp3) is 0.235. The van der Waals surface area contributed by atoms with Gasteiger partial charge in [-0.05, 0) is 36.2 Å². The van der Waals surface area contributed by atoms with Gasteiger partial charge in [0.2, 0.25) is 10.0 Å². The van der Waals surface area contributed by atoms with Crippen molar-refractivity contribution in [3.63, 3.8) is 0 Å². The van der Waals surface area contributed by atoms with Crippen LogP contribution in [0.3, 0.4) is 0 Å². The van der Waals surface area contributed by atoms with Crippen molar-refractivity contribution in [2.45, 2.75) is 18.4 Å². The normalized spacial score (nSPS) is 14.0. The smallest absolute Gasteiger partial charge is 0.262 e. The maximum Gasteiger partial charge on any atom is 0.262 e. The summed E-state index contributed by atoms with van der Waals surface area (Å²) in [5.41, 5.74) is 2.35. The van der Waals surface area contributed by atoms with Crippen LogP contribution in [0.4, 0.5) is 5.69 Å². The van der Waals surface area contributed by atoms with Gasteiger partial charge < -0.3 is 10.1 Å². The Labute approximate surface area is 141 Å². The number of hydrogen-bond donors (Lipinski definition) is 1. The molecule has 6 nitrogen and oxygen atoms in total. The van der Waals surface area contributed by atoms with Crippen LogP contribution in [0.5, 0.6) is 5.75 Å². The van der Waals surface area contributed by atoms with Crippen LogP contribution < -0.4 is 10.1 Å². The minimum absolute atomic E-state index is 0.0632. The first-order valence-corrected chi connectivity index (χ1v) is 8.89. The second kappa shape index (κ2) is 6.26. The Kier molecular flexibility index (Phi) is 4.29. The number of ether oxygens (including phenoxy) is 1. The number of hydrogen-bond acceptors (Lipinski definition) is 4. The summed E-state index contributed by atoms with van der Waals surface area (Å²) < 4.78 is 32.1. The molecule has 24 heavy (non-hydrogen) atoms. The number of rotatable bonds is 4. The molecule has 0 unspecified atom stereocenters. The monoisotopic (exact) mass is 346 g/mol. The molecule has 0 radical (unpaired) electrons. The Morgan fingerprint density at radius 3 is 2.71 bits per heavy atom. The van der Waals surface area contributed by atoms with E-state index in [0.717, 1.165) is 11.1 Å². The summed E-state index contributed by atoms with van der Waals surface area (Å²) in [7, 11) is -2.14. The molecule has 7 heteroatoms. The lowest BCUT2D eigenvalue weighted by Gasteiger charge is -2.21. The summed E-state index contributed by atoms with van der Waals surface area (Å²) in [5.74, 6) is 0.167. The Hall–Kier alpha value is -2.38. The largest absolute Gasteiger partial charge is 0.482 e. The zero-order valence-corrected chi connectivity index (χ0v) is 14.3. The Balaban J connectivity index is 1.89. The van der Waals surface area contributed by atoms with Crippen LogP contribution in [-0.4, -0.2) is 32.3 Å². The fourth-order valence-electron chi connectivity index (χ4n) is 2.51. The minimum Gasteiger partial charge on any atom is -0.482 e. The molecule has 0 saturated heterocycles. The van der Waals surface area contributed by atoms with Crippen molar-refractivity contribution < 1.29 is 17.9 Å². The van der Waals surface area contributed by atoms with E-state index >= 15 is 0 Å². The van der Waals surface area contributed by atoms with Gasteiger partial charge in [0.1, 0.15) is 5.75 Å². The third-order valence-electron chi connectivity index (χ3n) is 3.95. The highest BCUT2D eigenvalue weighted by Gasteiger charge is 2.24. The van der Waals surface area contributed by atoms with Crippen LogP contribution in [0.25, 0.3) is 0 Å². The second-order valence-electron chi connectivity index (χ2n) is 5.68. The van der Waals surface area contributed by atoms with Crippen molar-refractivity contribution in [1.29, 1.82) is 0 Å². The van der Waals surface area contributed by atoms with Crippen LogP contribution in [0.2, 0.25) is 0 Å². The van der Waals surface area contributed by atoms with E-state index in [1.54, 1.807) is 6.07 Å². The number of sulfonamides is 1. The van der Waals surface area contributed by atoms with Crippen molar-refractivity contribution in [3.05, 3.63) is 53.6 Å². The highest BCUT2D eigenvalue weighted by atomic mass is 32.2. The molecule has 0 saturated carbocycles. The van der Waals surface area contributed by atoms with Gasteiger partial charge in [0.25, 0.3) is 5.91 Å². The summed E-state index contributed by atoms with van der Waals surface area (Å²) in [5, 5.41) is 2.62. The second-order valence-corrected chi connectivity index (χ2v) is 7.73. The first kappa shape index (κ1) is 16.5. The van der Waals surface area contributed by atoms with Gasteiger partial charge in [-0.2, -0.15) is 4.31 Å².